The highest BCUT2D eigenvalue weighted by molar-refractivity contribution is 5.94. The van der Waals surface area contributed by atoms with E-state index in [9.17, 15) is 18.4 Å². The molecule has 2 amide bonds. The first-order valence-electron chi connectivity index (χ1n) is 7.18. The smallest absolute Gasteiger partial charge is 0.254 e. The zero-order valence-electron chi connectivity index (χ0n) is 12.4. The van der Waals surface area contributed by atoms with E-state index in [-0.39, 0.29) is 17.5 Å². The summed E-state index contributed by atoms with van der Waals surface area (Å²) in [5, 5.41) is 5.32. The summed E-state index contributed by atoms with van der Waals surface area (Å²) < 4.78 is 26.4. The van der Waals surface area contributed by atoms with E-state index < -0.39 is 17.5 Å². The number of halogens is 2. The largest absolute Gasteiger partial charge is 0.358 e. The van der Waals surface area contributed by atoms with Gasteiger partial charge in [0.1, 0.15) is 11.6 Å². The standard InChI is InChI=1S/C15H19F2N3O2/c1-18-14(21)9-20-6-4-11(5-7-20)19-15(22)12-3-2-10(16)8-13(12)17/h2-3,8,11H,4-7,9H2,1H3,(H,18,21)(H,19,22). The van der Waals surface area contributed by atoms with E-state index in [2.05, 4.69) is 10.6 Å². The third kappa shape index (κ3) is 4.24. The molecule has 1 heterocycles. The quantitative estimate of drug-likeness (QED) is 0.869. The van der Waals surface area contributed by atoms with Gasteiger partial charge < -0.3 is 10.6 Å². The Labute approximate surface area is 127 Å². The van der Waals surface area contributed by atoms with Crippen LogP contribution in [-0.2, 0) is 4.79 Å². The summed E-state index contributed by atoms with van der Waals surface area (Å²) in [5.41, 5.74) is -0.158. The van der Waals surface area contributed by atoms with Gasteiger partial charge in [0.15, 0.2) is 0 Å². The monoisotopic (exact) mass is 311 g/mol. The molecular weight excluding hydrogens is 292 g/mol. The Hall–Kier alpha value is -2.02. The first kappa shape index (κ1) is 16.4. The third-order valence-corrected chi connectivity index (χ3v) is 3.74. The van der Waals surface area contributed by atoms with Crippen LogP contribution in [-0.4, -0.2) is 49.4 Å². The number of nitrogens with zero attached hydrogens (tertiary/aromatic N) is 1. The average Bonchev–Trinajstić information content (AvgIpc) is 2.49. The normalized spacial score (nSPS) is 16.3. The van der Waals surface area contributed by atoms with Gasteiger partial charge in [0.05, 0.1) is 12.1 Å². The van der Waals surface area contributed by atoms with Crippen LogP contribution in [0.5, 0.6) is 0 Å². The lowest BCUT2D eigenvalue weighted by Gasteiger charge is -2.31. The molecule has 1 fully saturated rings. The summed E-state index contributed by atoms with van der Waals surface area (Å²) in [6, 6.07) is 2.82. The molecule has 0 bridgehead atoms. The number of benzene rings is 1. The first-order chi connectivity index (χ1) is 10.5. The van der Waals surface area contributed by atoms with Gasteiger partial charge in [0.25, 0.3) is 5.91 Å². The molecule has 0 radical (unpaired) electrons. The van der Waals surface area contributed by atoms with Crippen molar-refractivity contribution in [3.63, 3.8) is 0 Å². The van der Waals surface area contributed by atoms with Crippen LogP contribution >= 0.6 is 0 Å². The van der Waals surface area contributed by atoms with E-state index >= 15 is 0 Å². The fourth-order valence-corrected chi connectivity index (χ4v) is 2.45. The molecule has 0 unspecified atom stereocenters. The topological polar surface area (TPSA) is 61.4 Å². The number of amides is 2. The maximum atomic E-state index is 13.5. The molecule has 0 aliphatic carbocycles. The first-order valence-corrected chi connectivity index (χ1v) is 7.18. The molecule has 0 saturated carbocycles. The molecule has 5 nitrogen and oxygen atoms in total. The molecule has 22 heavy (non-hydrogen) atoms. The van der Waals surface area contributed by atoms with Gasteiger partial charge in [-0.15, -0.1) is 0 Å². The van der Waals surface area contributed by atoms with Gasteiger partial charge in [-0.3, -0.25) is 14.5 Å². The number of nitrogens with one attached hydrogen (secondary N) is 2. The molecule has 0 atom stereocenters. The number of piperidine rings is 1. The second-order valence-electron chi connectivity index (χ2n) is 5.32. The molecule has 7 heteroatoms. The van der Waals surface area contributed by atoms with E-state index in [0.717, 1.165) is 12.1 Å². The number of rotatable bonds is 4. The third-order valence-electron chi connectivity index (χ3n) is 3.74. The number of carbonyl (C=O) groups excluding carboxylic acids is 2. The summed E-state index contributed by atoms with van der Waals surface area (Å²) >= 11 is 0. The molecule has 120 valence electrons. The molecule has 0 spiro atoms. The lowest BCUT2D eigenvalue weighted by molar-refractivity contribution is -0.122. The van der Waals surface area contributed by atoms with Crippen LogP contribution in [0.25, 0.3) is 0 Å². The van der Waals surface area contributed by atoms with Crippen molar-refractivity contribution in [2.75, 3.05) is 26.7 Å². The zero-order valence-corrected chi connectivity index (χ0v) is 12.4. The van der Waals surface area contributed by atoms with Crippen LogP contribution < -0.4 is 10.6 Å². The minimum absolute atomic E-state index is 0.0455. The SMILES string of the molecule is CNC(=O)CN1CCC(NC(=O)c2ccc(F)cc2F)CC1. The van der Waals surface area contributed by atoms with Crippen molar-refractivity contribution in [1.82, 2.24) is 15.5 Å². The number of likely N-dealkylation sites (N-methyl/N-ethyl adjacent to an activating group) is 1. The van der Waals surface area contributed by atoms with Crippen molar-refractivity contribution in [2.45, 2.75) is 18.9 Å². The summed E-state index contributed by atoms with van der Waals surface area (Å²) in [5.74, 6) is -2.16. The fraction of sp³-hybridized carbons (Fsp3) is 0.467. The Morgan fingerprint density at radius 3 is 2.55 bits per heavy atom. The minimum Gasteiger partial charge on any atom is -0.358 e. The van der Waals surface area contributed by atoms with E-state index in [0.29, 0.717) is 38.5 Å². The van der Waals surface area contributed by atoms with Gasteiger partial charge in [0.2, 0.25) is 5.91 Å². The Morgan fingerprint density at radius 2 is 1.95 bits per heavy atom. The highest BCUT2D eigenvalue weighted by Crippen LogP contribution is 2.13. The van der Waals surface area contributed by atoms with Crippen LogP contribution in [0.4, 0.5) is 8.78 Å². The van der Waals surface area contributed by atoms with Gasteiger partial charge in [0, 0.05) is 32.2 Å². The summed E-state index contributed by atoms with van der Waals surface area (Å²) in [6.45, 7) is 1.71. The number of likely N-dealkylation sites (tertiary alicyclic amines) is 1. The van der Waals surface area contributed by atoms with Crippen LogP contribution in [0.1, 0.15) is 23.2 Å². The van der Waals surface area contributed by atoms with E-state index in [1.54, 1.807) is 7.05 Å². The highest BCUT2D eigenvalue weighted by Gasteiger charge is 2.23. The molecule has 2 N–H and O–H groups in total. The van der Waals surface area contributed by atoms with E-state index in [4.69, 9.17) is 0 Å². The molecular formula is C15H19F2N3O2. The number of carbonyl (C=O) groups is 2. The molecule has 1 aliphatic rings. The highest BCUT2D eigenvalue weighted by atomic mass is 19.1. The molecule has 0 aromatic heterocycles. The molecule has 2 rings (SSSR count). The van der Waals surface area contributed by atoms with Crippen LogP contribution in [0.3, 0.4) is 0 Å². The number of hydrogen-bond donors (Lipinski definition) is 2. The van der Waals surface area contributed by atoms with Gasteiger partial charge in [-0.2, -0.15) is 0 Å². The molecule has 1 aromatic rings. The van der Waals surface area contributed by atoms with Crippen molar-refractivity contribution < 1.29 is 18.4 Å². The van der Waals surface area contributed by atoms with Crippen molar-refractivity contribution in [2.24, 2.45) is 0 Å². The van der Waals surface area contributed by atoms with Gasteiger partial charge in [-0.05, 0) is 25.0 Å². The van der Waals surface area contributed by atoms with E-state index in [1.807, 2.05) is 4.90 Å². The minimum atomic E-state index is -0.866. The van der Waals surface area contributed by atoms with E-state index in [1.165, 1.54) is 0 Å². The van der Waals surface area contributed by atoms with Crippen LogP contribution in [0, 0.1) is 11.6 Å². The maximum absolute atomic E-state index is 13.5. The zero-order chi connectivity index (χ0) is 16.1. The predicted octanol–water partition coefficient (Wildman–Crippen LogP) is 0.905. The molecule has 1 aliphatic heterocycles. The van der Waals surface area contributed by atoms with Gasteiger partial charge in [-0.1, -0.05) is 0 Å². The summed E-state index contributed by atoms with van der Waals surface area (Å²) in [7, 11) is 1.59. The van der Waals surface area contributed by atoms with Crippen molar-refractivity contribution in [3.05, 3.63) is 35.4 Å². The van der Waals surface area contributed by atoms with Crippen LogP contribution in [0.15, 0.2) is 18.2 Å². The summed E-state index contributed by atoms with van der Waals surface area (Å²) in [6.07, 6.45) is 1.37. The van der Waals surface area contributed by atoms with Crippen molar-refractivity contribution in [3.8, 4) is 0 Å². The summed E-state index contributed by atoms with van der Waals surface area (Å²) in [4.78, 5) is 25.3. The lowest BCUT2D eigenvalue weighted by Crippen LogP contribution is -2.47. The average molecular weight is 311 g/mol. The Morgan fingerprint density at radius 1 is 1.27 bits per heavy atom. The Bertz CT molecular complexity index is 558. The Kier molecular flexibility index (Phi) is 5.43. The lowest BCUT2D eigenvalue weighted by atomic mass is 10.0. The van der Waals surface area contributed by atoms with Crippen molar-refractivity contribution in [1.29, 1.82) is 0 Å². The van der Waals surface area contributed by atoms with Crippen molar-refractivity contribution >= 4 is 11.8 Å². The predicted molar refractivity (Wildman–Crippen MR) is 77.4 cm³/mol. The van der Waals surface area contributed by atoms with Gasteiger partial charge in [-0.25, -0.2) is 8.78 Å². The molecule has 1 saturated heterocycles. The molecule has 1 aromatic carbocycles. The Balaban J connectivity index is 1.85. The second kappa shape index (κ2) is 7.31. The second-order valence-corrected chi connectivity index (χ2v) is 5.32. The number of hydrogen-bond acceptors (Lipinski definition) is 3. The maximum Gasteiger partial charge on any atom is 0.254 e. The fourth-order valence-electron chi connectivity index (χ4n) is 2.45. The van der Waals surface area contributed by atoms with Gasteiger partial charge >= 0.3 is 0 Å². The van der Waals surface area contributed by atoms with Crippen LogP contribution in [0.2, 0.25) is 0 Å².